The molecular formula is C26H27F3N4O3. The van der Waals surface area contributed by atoms with E-state index in [4.69, 9.17) is 9.47 Å². The van der Waals surface area contributed by atoms with Crippen molar-refractivity contribution >= 4 is 17.3 Å². The molecule has 1 fully saturated rings. The summed E-state index contributed by atoms with van der Waals surface area (Å²) in [6.45, 7) is 2.94. The maximum atomic E-state index is 14.5. The molecule has 3 aromatic rings. The number of rotatable bonds is 8. The number of aromatic nitrogens is 2. The maximum absolute atomic E-state index is 14.5. The fourth-order valence-corrected chi connectivity index (χ4v) is 4.77. The van der Waals surface area contributed by atoms with Gasteiger partial charge in [0.2, 0.25) is 6.43 Å². The largest absolute Gasteiger partial charge is 0.489 e. The van der Waals surface area contributed by atoms with Crippen molar-refractivity contribution in [2.45, 2.75) is 51.2 Å². The number of nitrogens with one attached hydrogen (secondary N) is 3. The van der Waals surface area contributed by atoms with Crippen molar-refractivity contribution < 1.29 is 27.4 Å². The molecule has 0 radical (unpaired) electrons. The van der Waals surface area contributed by atoms with Crippen LogP contribution in [-0.4, -0.2) is 47.7 Å². The Morgan fingerprint density at radius 3 is 2.94 bits per heavy atom. The van der Waals surface area contributed by atoms with Crippen LogP contribution in [-0.2, 0) is 17.6 Å². The molecule has 2 aliphatic rings. The summed E-state index contributed by atoms with van der Waals surface area (Å²) in [6, 6.07) is 5.76. The SMILES string of the molecule is CC1Cc2[nH]c(-c3ccncc3OCC3CCCO3)c(Nc3cccc(F)c3CC(F)F)c2C(=O)N1. The lowest BCUT2D eigenvalue weighted by Gasteiger charge is -2.21. The smallest absolute Gasteiger partial charge is 0.255 e. The first-order valence-electron chi connectivity index (χ1n) is 12.0. The number of alkyl halides is 2. The topological polar surface area (TPSA) is 88.3 Å². The van der Waals surface area contributed by atoms with Crippen LogP contribution < -0.4 is 15.4 Å². The van der Waals surface area contributed by atoms with Crippen LogP contribution in [0, 0.1) is 5.82 Å². The second kappa shape index (κ2) is 10.2. The Morgan fingerprint density at radius 1 is 1.31 bits per heavy atom. The average Bonchev–Trinajstić information content (AvgIpc) is 3.48. The molecule has 2 atom stereocenters. The quantitative estimate of drug-likeness (QED) is 0.405. The number of ether oxygens (including phenoxy) is 2. The molecule has 10 heteroatoms. The van der Waals surface area contributed by atoms with Crippen molar-refractivity contribution in [2.24, 2.45) is 0 Å². The van der Waals surface area contributed by atoms with E-state index in [1.807, 2.05) is 6.92 Å². The summed E-state index contributed by atoms with van der Waals surface area (Å²) in [5.41, 5.74) is 2.59. The molecule has 190 valence electrons. The summed E-state index contributed by atoms with van der Waals surface area (Å²) >= 11 is 0. The number of carbonyl (C=O) groups is 1. The second-order valence-electron chi connectivity index (χ2n) is 9.11. The number of amides is 1. The number of anilines is 2. The summed E-state index contributed by atoms with van der Waals surface area (Å²) in [7, 11) is 0. The minimum absolute atomic E-state index is 0.0108. The number of halogens is 3. The molecule has 1 amide bonds. The van der Waals surface area contributed by atoms with Crippen molar-refractivity contribution in [3.8, 4) is 17.0 Å². The van der Waals surface area contributed by atoms with Gasteiger partial charge in [0, 0.05) is 54.2 Å². The lowest BCUT2D eigenvalue weighted by molar-refractivity contribution is 0.0680. The lowest BCUT2D eigenvalue weighted by atomic mass is 10.0. The second-order valence-corrected chi connectivity index (χ2v) is 9.11. The highest BCUT2D eigenvalue weighted by Gasteiger charge is 2.31. The van der Waals surface area contributed by atoms with Gasteiger partial charge in [-0.05, 0) is 38.0 Å². The average molecular weight is 501 g/mol. The number of pyridine rings is 1. The zero-order valence-electron chi connectivity index (χ0n) is 19.7. The number of carbonyl (C=O) groups excluding carboxylic acids is 1. The van der Waals surface area contributed by atoms with Gasteiger partial charge in [0.1, 0.15) is 18.2 Å². The molecule has 1 aromatic carbocycles. The first kappa shape index (κ1) is 24.2. The van der Waals surface area contributed by atoms with Crippen LogP contribution in [0.15, 0.2) is 36.7 Å². The van der Waals surface area contributed by atoms with Gasteiger partial charge in [0.15, 0.2) is 0 Å². The van der Waals surface area contributed by atoms with Crippen LogP contribution in [0.1, 0.15) is 41.4 Å². The number of H-pyrrole nitrogens is 1. The Bertz CT molecular complexity index is 1260. The first-order chi connectivity index (χ1) is 17.4. The Kier molecular flexibility index (Phi) is 6.86. The van der Waals surface area contributed by atoms with Crippen molar-refractivity contribution in [1.82, 2.24) is 15.3 Å². The summed E-state index contributed by atoms with van der Waals surface area (Å²) in [6.07, 6.45) is 2.11. The lowest BCUT2D eigenvalue weighted by Crippen LogP contribution is -2.39. The molecule has 1 saturated heterocycles. The van der Waals surface area contributed by atoms with E-state index in [2.05, 4.69) is 20.6 Å². The fraction of sp³-hybridized carbons (Fsp3) is 0.385. The van der Waals surface area contributed by atoms with Crippen LogP contribution >= 0.6 is 0 Å². The third-order valence-corrected chi connectivity index (χ3v) is 6.43. The van der Waals surface area contributed by atoms with Crippen molar-refractivity contribution in [1.29, 1.82) is 0 Å². The zero-order chi connectivity index (χ0) is 25.2. The van der Waals surface area contributed by atoms with E-state index in [9.17, 15) is 18.0 Å². The molecule has 36 heavy (non-hydrogen) atoms. The van der Waals surface area contributed by atoms with Gasteiger partial charge in [-0.2, -0.15) is 0 Å². The van der Waals surface area contributed by atoms with Crippen LogP contribution in [0.4, 0.5) is 24.5 Å². The number of hydrogen-bond acceptors (Lipinski definition) is 5. The minimum Gasteiger partial charge on any atom is -0.489 e. The van der Waals surface area contributed by atoms with Gasteiger partial charge in [-0.3, -0.25) is 9.78 Å². The molecule has 0 spiro atoms. The van der Waals surface area contributed by atoms with E-state index >= 15 is 0 Å². The number of benzene rings is 1. The molecule has 4 heterocycles. The fourth-order valence-electron chi connectivity index (χ4n) is 4.77. The third kappa shape index (κ3) is 4.90. The van der Waals surface area contributed by atoms with Crippen molar-refractivity contribution in [3.05, 3.63) is 59.3 Å². The zero-order valence-corrected chi connectivity index (χ0v) is 19.7. The van der Waals surface area contributed by atoms with Gasteiger partial charge in [0.05, 0.1) is 29.2 Å². The maximum Gasteiger partial charge on any atom is 0.255 e. The molecule has 2 unspecified atom stereocenters. The van der Waals surface area contributed by atoms with E-state index < -0.39 is 18.7 Å². The van der Waals surface area contributed by atoms with E-state index in [0.29, 0.717) is 53.6 Å². The predicted molar refractivity (Wildman–Crippen MR) is 129 cm³/mol. The van der Waals surface area contributed by atoms with Crippen LogP contribution in [0.2, 0.25) is 0 Å². The summed E-state index contributed by atoms with van der Waals surface area (Å²) < 4.78 is 52.8. The van der Waals surface area contributed by atoms with E-state index in [0.717, 1.165) is 18.9 Å². The highest BCUT2D eigenvalue weighted by Crippen LogP contribution is 2.41. The van der Waals surface area contributed by atoms with Crippen LogP contribution in [0.25, 0.3) is 11.3 Å². The predicted octanol–water partition coefficient (Wildman–Crippen LogP) is 5.00. The molecule has 0 saturated carbocycles. The molecule has 7 nitrogen and oxygen atoms in total. The van der Waals surface area contributed by atoms with E-state index in [-0.39, 0.29) is 29.3 Å². The van der Waals surface area contributed by atoms with Gasteiger partial charge in [-0.25, -0.2) is 13.2 Å². The minimum atomic E-state index is -2.73. The molecule has 0 bridgehead atoms. The Labute approximate surface area is 206 Å². The first-order valence-corrected chi connectivity index (χ1v) is 12.0. The van der Waals surface area contributed by atoms with E-state index in [1.54, 1.807) is 18.5 Å². The highest BCUT2D eigenvalue weighted by atomic mass is 19.3. The summed E-state index contributed by atoms with van der Waals surface area (Å²) in [5, 5.41) is 6.01. The highest BCUT2D eigenvalue weighted by molar-refractivity contribution is 6.06. The van der Waals surface area contributed by atoms with Crippen molar-refractivity contribution in [3.63, 3.8) is 0 Å². The monoisotopic (exact) mass is 500 g/mol. The molecule has 0 aliphatic carbocycles. The van der Waals surface area contributed by atoms with Crippen molar-refractivity contribution in [2.75, 3.05) is 18.5 Å². The van der Waals surface area contributed by atoms with Gasteiger partial charge < -0.3 is 25.1 Å². The van der Waals surface area contributed by atoms with Crippen LogP contribution in [0.5, 0.6) is 5.75 Å². The molecule has 3 N–H and O–H groups in total. The number of aromatic amines is 1. The number of fused-ring (bicyclic) bond motifs is 1. The molecule has 2 aromatic heterocycles. The third-order valence-electron chi connectivity index (χ3n) is 6.43. The summed E-state index contributed by atoms with van der Waals surface area (Å²) in [5.74, 6) is -0.569. The van der Waals surface area contributed by atoms with Gasteiger partial charge >= 0.3 is 0 Å². The molecule has 2 aliphatic heterocycles. The van der Waals surface area contributed by atoms with E-state index in [1.165, 1.54) is 12.1 Å². The number of nitrogens with zero attached hydrogens (tertiary/aromatic N) is 1. The Morgan fingerprint density at radius 2 is 2.17 bits per heavy atom. The molecule has 5 rings (SSSR count). The Hall–Kier alpha value is -3.53. The van der Waals surface area contributed by atoms with Gasteiger partial charge in [-0.1, -0.05) is 6.07 Å². The molecular weight excluding hydrogens is 473 g/mol. The normalized spacial score (nSPS) is 19.3. The number of hydrogen-bond donors (Lipinski definition) is 3. The van der Waals surface area contributed by atoms with Crippen LogP contribution in [0.3, 0.4) is 0 Å². The summed E-state index contributed by atoms with van der Waals surface area (Å²) in [4.78, 5) is 20.6. The standard InChI is InChI=1S/C26H27F3N4O3/c1-14-10-20-23(26(34)31-14)25(32-19-6-2-5-18(27)17(19)11-22(28)29)24(33-20)16-7-8-30-12-21(16)36-13-15-4-3-9-35-15/h2,5-8,12,14-15,22,32-33H,3-4,9-11,13H2,1H3,(H,31,34). The van der Waals surface area contributed by atoms with Gasteiger partial charge in [0.25, 0.3) is 5.91 Å². The van der Waals surface area contributed by atoms with Gasteiger partial charge in [-0.15, -0.1) is 0 Å². The Balaban J connectivity index is 1.59.